The lowest BCUT2D eigenvalue weighted by atomic mass is 9.92. The van der Waals surface area contributed by atoms with E-state index in [1.807, 2.05) is 4.90 Å². The van der Waals surface area contributed by atoms with Crippen molar-refractivity contribution in [2.75, 3.05) is 73.5 Å². The van der Waals surface area contributed by atoms with Crippen LogP contribution in [0.15, 0.2) is 4.99 Å². The Balaban J connectivity index is 0.00000392. The summed E-state index contributed by atoms with van der Waals surface area (Å²) in [5.41, 5.74) is 0. The highest BCUT2D eigenvalue weighted by molar-refractivity contribution is 14.0. The molecule has 162 valence electrons. The van der Waals surface area contributed by atoms with Gasteiger partial charge in [-0.05, 0) is 18.3 Å². The van der Waals surface area contributed by atoms with Crippen LogP contribution in [0.2, 0.25) is 0 Å². The maximum Gasteiger partial charge on any atom is 0.241 e. The van der Waals surface area contributed by atoms with Gasteiger partial charge in [0.15, 0.2) is 5.96 Å². The molecule has 2 unspecified atom stereocenters. The first-order valence-electron chi connectivity index (χ1n) is 9.96. The fourth-order valence-corrected chi connectivity index (χ4v) is 3.92. The molecule has 0 bridgehead atoms. The van der Waals surface area contributed by atoms with E-state index in [1.165, 1.54) is 6.42 Å². The molecule has 0 aromatic carbocycles. The molecule has 2 aliphatic heterocycles. The fourth-order valence-electron chi connectivity index (χ4n) is 3.92. The summed E-state index contributed by atoms with van der Waals surface area (Å²) >= 11 is 0. The standard InChI is InChI=1S/C19H36N6O2.HI/c1-15-10-16(2)13-25(12-15)18(27)14-23-6-8-24(9-7-23)19(20-3)21-11-17(26)22(4)5;/h15-16H,6-14H2,1-5H3,(H,20,21);1H. The summed E-state index contributed by atoms with van der Waals surface area (Å²) in [6, 6.07) is 0. The van der Waals surface area contributed by atoms with Crippen LogP contribution in [0, 0.1) is 11.8 Å². The van der Waals surface area contributed by atoms with Crippen LogP contribution < -0.4 is 5.32 Å². The second-order valence-corrected chi connectivity index (χ2v) is 8.20. The highest BCUT2D eigenvalue weighted by Gasteiger charge is 2.28. The van der Waals surface area contributed by atoms with Gasteiger partial charge in [-0.3, -0.25) is 19.5 Å². The monoisotopic (exact) mass is 508 g/mol. The number of amides is 2. The number of piperazine rings is 1. The summed E-state index contributed by atoms with van der Waals surface area (Å²) in [5, 5.41) is 3.13. The average Bonchev–Trinajstić information content (AvgIpc) is 2.62. The molecule has 0 saturated carbocycles. The third-order valence-electron chi connectivity index (χ3n) is 5.36. The van der Waals surface area contributed by atoms with Crippen LogP contribution >= 0.6 is 24.0 Å². The molecule has 2 atom stereocenters. The first kappa shape index (κ1) is 24.9. The van der Waals surface area contributed by atoms with E-state index in [0.29, 0.717) is 18.4 Å². The number of piperidine rings is 1. The minimum atomic E-state index is 0. The zero-order valence-corrected chi connectivity index (χ0v) is 20.3. The lowest BCUT2D eigenvalue weighted by molar-refractivity contribution is -0.135. The second-order valence-electron chi connectivity index (χ2n) is 8.20. The molecular weight excluding hydrogens is 471 g/mol. The number of likely N-dealkylation sites (tertiary alicyclic amines) is 1. The van der Waals surface area contributed by atoms with Crippen LogP contribution in [-0.2, 0) is 9.59 Å². The Morgan fingerprint density at radius 3 is 2.11 bits per heavy atom. The third-order valence-corrected chi connectivity index (χ3v) is 5.36. The summed E-state index contributed by atoms with van der Waals surface area (Å²) in [6.07, 6.45) is 1.21. The fraction of sp³-hybridized carbons (Fsp3) is 0.842. The SMILES string of the molecule is CN=C(NCC(=O)N(C)C)N1CCN(CC(=O)N2CC(C)CC(C)C2)CC1.I. The molecule has 2 saturated heterocycles. The van der Waals surface area contributed by atoms with E-state index >= 15 is 0 Å². The molecule has 0 aromatic heterocycles. The van der Waals surface area contributed by atoms with Gasteiger partial charge in [0.25, 0.3) is 0 Å². The molecule has 2 aliphatic rings. The highest BCUT2D eigenvalue weighted by Crippen LogP contribution is 2.21. The topological polar surface area (TPSA) is 71.5 Å². The maximum absolute atomic E-state index is 12.7. The number of likely N-dealkylation sites (N-methyl/N-ethyl adjacent to an activating group) is 1. The molecule has 9 heteroatoms. The van der Waals surface area contributed by atoms with Crippen molar-refractivity contribution in [3.8, 4) is 0 Å². The van der Waals surface area contributed by atoms with Gasteiger partial charge in [0, 0.05) is 60.4 Å². The Hall–Kier alpha value is -1.10. The molecule has 1 N–H and O–H groups in total. The predicted molar refractivity (Wildman–Crippen MR) is 123 cm³/mol. The van der Waals surface area contributed by atoms with Crippen LogP contribution in [-0.4, -0.2) is 111 Å². The molecule has 0 aliphatic carbocycles. The number of halogens is 1. The molecule has 2 heterocycles. The Morgan fingerprint density at radius 1 is 1.04 bits per heavy atom. The molecule has 2 fully saturated rings. The van der Waals surface area contributed by atoms with Gasteiger partial charge in [0.2, 0.25) is 11.8 Å². The van der Waals surface area contributed by atoms with Gasteiger partial charge in [0.05, 0.1) is 13.1 Å². The molecule has 2 amide bonds. The largest absolute Gasteiger partial charge is 0.347 e. The number of carbonyl (C=O) groups excluding carboxylic acids is 2. The van der Waals surface area contributed by atoms with Crippen LogP contribution in [0.5, 0.6) is 0 Å². The van der Waals surface area contributed by atoms with Crippen molar-refractivity contribution in [3.63, 3.8) is 0 Å². The molecule has 2 rings (SSSR count). The smallest absolute Gasteiger partial charge is 0.241 e. The van der Waals surface area contributed by atoms with Crippen molar-refractivity contribution in [2.24, 2.45) is 16.8 Å². The van der Waals surface area contributed by atoms with Crippen LogP contribution in [0.3, 0.4) is 0 Å². The first-order valence-corrected chi connectivity index (χ1v) is 9.96. The van der Waals surface area contributed by atoms with E-state index in [2.05, 4.69) is 34.0 Å². The average molecular weight is 508 g/mol. The van der Waals surface area contributed by atoms with Gasteiger partial charge in [-0.25, -0.2) is 0 Å². The molecule has 28 heavy (non-hydrogen) atoms. The van der Waals surface area contributed by atoms with Crippen LogP contribution in [0.1, 0.15) is 20.3 Å². The molecular formula is C19H37IN6O2. The third kappa shape index (κ3) is 7.38. The molecule has 0 radical (unpaired) electrons. The van der Waals surface area contributed by atoms with Gasteiger partial charge in [-0.1, -0.05) is 13.8 Å². The summed E-state index contributed by atoms with van der Waals surface area (Å²) in [4.78, 5) is 36.7. The zero-order valence-electron chi connectivity index (χ0n) is 18.0. The van der Waals surface area contributed by atoms with Gasteiger partial charge >= 0.3 is 0 Å². The van der Waals surface area contributed by atoms with Crippen LogP contribution in [0.4, 0.5) is 0 Å². The summed E-state index contributed by atoms with van der Waals surface area (Å²) < 4.78 is 0. The first-order chi connectivity index (χ1) is 12.8. The van der Waals surface area contributed by atoms with Gasteiger partial charge in [-0.15, -0.1) is 24.0 Å². The van der Waals surface area contributed by atoms with Crippen molar-refractivity contribution >= 4 is 41.8 Å². The van der Waals surface area contributed by atoms with E-state index in [1.54, 1.807) is 26.0 Å². The number of rotatable bonds is 4. The number of carbonyl (C=O) groups is 2. The molecule has 8 nitrogen and oxygen atoms in total. The number of nitrogens with zero attached hydrogens (tertiary/aromatic N) is 5. The predicted octanol–water partition coefficient (Wildman–Crippen LogP) is 0.390. The Labute approximate surface area is 186 Å². The number of hydrogen-bond acceptors (Lipinski definition) is 4. The second kappa shape index (κ2) is 11.8. The Morgan fingerprint density at radius 2 is 1.61 bits per heavy atom. The number of guanidine groups is 1. The van der Waals surface area contributed by atoms with E-state index in [9.17, 15) is 9.59 Å². The molecule has 0 aromatic rings. The van der Waals surface area contributed by atoms with E-state index in [4.69, 9.17) is 0 Å². The minimum absolute atomic E-state index is 0. The lowest BCUT2D eigenvalue weighted by Crippen LogP contribution is -2.55. The quantitative estimate of drug-likeness (QED) is 0.338. The van der Waals surface area contributed by atoms with E-state index in [-0.39, 0.29) is 42.3 Å². The Bertz CT molecular complexity index is 539. The normalized spacial score (nSPS) is 23.8. The lowest BCUT2D eigenvalue weighted by Gasteiger charge is -2.39. The summed E-state index contributed by atoms with van der Waals surface area (Å²) in [5.74, 6) is 2.20. The summed E-state index contributed by atoms with van der Waals surface area (Å²) in [7, 11) is 5.22. The van der Waals surface area contributed by atoms with Gasteiger partial charge in [0.1, 0.15) is 0 Å². The number of aliphatic imine (C=N–C) groups is 1. The van der Waals surface area contributed by atoms with Crippen molar-refractivity contribution in [1.82, 2.24) is 24.9 Å². The van der Waals surface area contributed by atoms with E-state index < -0.39 is 0 Å². The van der Waals surface area contributed by atoms with Crippen molar-refractivity contribution < 1.29 is 9.59 Å². The zero-order chi connectivity index (χ0) is 20.0. The van der Waals surface area contributed by atoms with Crippen molar-refractivity contribution in [2.45, 2.75) is 20.3 Å². The minimum Gasteiger partial charge on any atom is -0.347 e. The highest BCUT2D eigenvalue weighted by atomic mass is 127. The van der Waals surface area contributed by atoms with Gasteiger partial charge < -0.3 is 20.0 Å². The van der Waals surface area contributed by atoms with Crippen LogP contribution in [0.25, 0.3) is 0 Å². The number of hydrogen-bond donors (Lipinski definition) is 1. The summed E-state index contributed by atoms with van der Waals surface area (Å²) in [6.45, 7) is 10.2. The van der Waals surface area contributed by atoms with E-state index in [0.717, 1.165) is 45.2 Å². The molecule has 0 spiro atoms. The van der Waals surface area contributed by atoms with Crippen molar-refractivity contribution in [1.29, 1.82) is 0 Å². The Kier molecular flexibility index (Phi) is 10.5. The van der Waals surface area contributed by atoms with Crippen molar-refractivity contribution in [3.05, 3.63) is 0 Å². The number of nitrogens with one attached hydrogen (secondary N) is 1. The maximum atomic E-state index is 12.7. The van der Waals surface area contributed by atoms with Gasteiger partial charge in [-0.2, -0.15) is 0 Å².